The van der Waals surface area contributed by atoms with Gasteiger partial charge in [0.05, 0.1) is 17.1 Å². The molecule has 1 aromatic carbocycles. The van der Waals surface area contributed by atoms with Crippen molar-refractivity contribution in [2.75, 3.05) is 0 Å². The van der Waals surface area contributed by atoms with Crippen molar-refractivity contribution >= 4 is 0 Å². The van der Waals surface area contributed by atoms with Crippen LogP contribution in [0.3, 0.4) is 0 Å². The molecule has 2 nitrogen and oxygen atoms in total. The second-order valence-corrected chi connectivity index (χ2v) is 4.67. The molecule has 0 saturated heterocycles. The van der Waals surface area contributed by atoms with E-state index in [9.17, 15) is 10.4 Å². The average Bonchev–Trinajstić information content (AvgIpc) is 2.17. The van der Waals surface area contributed by atoms with Crippen LogP contribution < -0.4 is 0 Å². The van der Waals surface area contributed by atoms with Crippen LogP contribution in [-0.2, 0) is 6.42 Å². The van der Waals surface area contributed by atoms with Crippen LogP contribution in [0.2, 0.25) is 0 Å². The minimum atomic E-state index is -1.00. The van der Waals surface area contributed by atoms with Crippen molar-refractivity contribution in [1.82, 2.24) is 0 Å². The minimum Gasteiger partial charge on any atom is -0.389 e. The Hall–Kier alpha value is -1.33. The quantitative estimate of drug-likeness (QED) is 0.820. The van der Waals surface area contributed by atoms with Gasteiger partial charge in [0.1, 0.15) is 0 Å². The van der Waals surface area contributed by atoms with Crippen LogP contribution in [0, 0.1) is 16.7 Å². The van der Waals surface area contributed by atoms with Crippen molar-refractivity contribution in [2.45, 2.75) is 32.8 Å². The van der Waals surface area contributed by atoms with Crippen LogP contribution in [0.25, 0.3) is 0 Å². The minimum absolute atomic E-state index is 0.563. The van der Waals surface area contributed by atoms with Crippen LogP contribution in [0.15, 0.2) is 30.3 Å². The Morgan fingerprint density at radius 1 is 1.20 bits per heavy atom. The van der Waals surface area contributed by atoms with Gasteiger partial charge in [-0.3, -0.25) is 0 Å². The Morgan fingerprint density at radius 2 is 1.73 bits per heavy atom. The number of benzene rings is 1. The van der Waals surface area contributed by atoms with Crippen LogP contribution in [0.5, 0.6) is 0 Å². The van der Waals surface area contributed by atoms with E-state index < -0.39 is 11.0 Å². The van der Waals surface area contributed by atoms with Crippen molar-refractivity contribution in [2.24, 2.45) is 5.41 Å². The number of hydrogen-bond donors (Lipinski definition) is 1. The molecule has 1 atom stereocenters. The second-order valence-electron chi connectivity index (χ2n) is 4.67. The first-order valence-electron chi connectivity index (χ1n) is 5.07. The van der Waals surface area contributed by atoms with E-state index in [2.05, 4.69) is 6.07 Å². The maximum Gasteiger partial charge on any atom is 0.0866 e. The van der Waals surface area contributed by atoms with Crippen LogP contribution >= 0.6 is 0 Å². The van der Waals surface area contributed by atoms with Crippen molar-refractivity contribution in [3.05, 3.63) is 35.9 Å². The molecule has 0 spiro atoms. The van der Waals surface area contributed by atoms with Crippen LogP contribution in [0.4, 0.5) is 0 Å². The summed E-state index contributed by atoms with van der Waals surface area (Å²) >= 11 is 0. The average molecular weight is 203 g/mol. The van der Waals surface area contributed by atoms with E-state index >= 15 is 0 Å². The molecule has 0 aliphatic heterocycles. The number of rotatable bonds is 3. The maximum atomic E-state index is 9.98. The lowest BCUT2D eigenvalue weighted by Gasteiger charge is -2.34. The monoisotopic (exact) mass is 203 g/mol. The topological polar surface area (TPSA) is 44.0 Å². The van der Waals surface area contributed by atoms with Gasteiger partial charge in [-0.15, -0.1) is 0 Å². The second kappa shape index (κ2) is 4.04. The summed E-state index contributed by atoms with van der Waals surface area (Å²) in [5.74, 6) is 0. The highest BCUT2D eigenvalue weighted by Crippen LogP contribution is 2.33. The molecule has 1 unspecified atom stereocenters. The molecule has 1 N–H and O–H groups in total. The summed E-state index contributed by atoms with van der Waals surface area (Å²) in [5, 5.41) is 19.1. The lowest BCUT2D eigenvalue weighted by molar-refractivity contribution is -0.0128. The zero-order valence-corrected chi connectivity index (χ0v) is 9.49. The normalized spacial score (nSPS) is 15.4. The van der Waals surface area contributed by atoms with Crippen molar-refractivity contribution in [1.29, 1.82) is 5.26 Å². The molecule has 0 aliphatic carbocycles. The molecule has 0 amide bonds. The highest BCUT2D eigenvalue weighted by Gasteiger charge is 2.39. The molecule has 1 aromatic rings. The fourth-order valence-electron chi connectivity index (χ4n) is 1.40. The standard InChI is InChI=1S/C13H17NO/c1-12(2,15)13(3,10-14)9-11-7-5-4-6-8-11/h4-8,15H,9H2,1-3H3. The SMILES string of the molecule is CC(C)(O)C(C)(C#N)Cc1ccccc1. The Kier molecular flexibility index (Phi) is 3.16. The zero-order chi connectivity index (χ0) is 11.5. The smallest absolute Gasteiger partial charge is 0.0866 e. The van der Waals surface area contributed by atoms with E-state index in [0.717, 1.165) is 5.56 Å². The highest BCUT2D eigenvalue weighted by molar-refractivity contribution is 5.21. The summed E-state index contributed by atoms with van der Waals surface area (Å²) in [7, 11) is 0. The molecular weight excluding hydrogens is 186 g/mol. The Bertz CT molecular complexity index is 358. The molecule has 15 heavy (non-hydrogen) atoms. The Balaban J connectivity index is 2.94. The molecular formula is C13H17NO. The zero-order valence-electron chi connectivity index (χ0n) is 9.49. The first-order valence-corrected chi connectivity index (χ1v) is 5.07. The van der Waals surface area contributed by atoms with E-state index in [0.29, 0.717) is 6.42 Å². The molecule has 0 heterocycles. The van der Waals surface area contributed by atoms with Gasteiger partial charge in [0.25, 0.3) is 0 Å². The van der Waals surface area contributed by atoms with Gasteiger partial charge in [0.2, 0.25) is 0 Å². The number of hydrogen-bond acceptors (Lipinski definition) is 2. The summed E-state index contributed by atoms with van der Waals surface area (Å²) < 4.78 is 0. The Morgan fingerprint density at radius 3 is 2.13 bits per heavy atom. The molecule has 0 bridgehead atoms. The van der Waals surface area contributed by atoms with E-state index in [1.54, 1.807) is 20.8 Å². The van der Waals surface area contributed by atoms with Crippen LogP contribution in [0.1, 0.15) is 26.3 Å². The number of aliphatic hydroxyl groups is 1. The van der Waals surface area contributed by atoms with E-state index in [1.807, 2.05) is 30.3 Å². The van der Waals surface area contributed by atoms with Gasteiger partial charge in [-0.05, 0) is 32.8 Å². The first-order chi connectivity index (χ1) is 6.89. The summed E-state index contributed by atoms with van der Waals surface area (Å²) in [4.78, 5) is 0. The van der Waals surface area contributed by atoms with Crippen LogP contribution in [-0.4, -0.2) is 10.7 Å². The third kappa shape index (κ3) is 2.57. The Labute approximate surface area is 91.2 Å². The van der Waals surface area contributed by atoms with Gasteiger partial charge >= 0.3 is 0 Å². The van der Waals surface area contributed by atoms with Crippen molar-refractivity contribution in [3.8, 4) is 6.07 Å². The van der Waals surface area contributed by atoms with Gasteiger partial charge in [-0.2, -0.15) is 5.26 Å². The summed E-state index contributed by atoms with van der Waals surface area (Å²) in [6, 6.07) is 12.0. The van der Waals surface area contributed by atoms with Gasteiger partial charge in [-0.1, -0.05) is 30.3 Å². The van der Waals surface area contributed by atoms with E-state index in [4.69, 9.17) is 0 Å². The molecule has 80 valence electrons. The number of nitriles is 1. The lowest BCUT2D eigenvalue weighted by Crippen LogP contribution is -2.41. The lowest BCUT2D eigenvalue weighted by atomic mass is 9.72. The molecule has 0 aromatic heterocycles. The van der Waals surface area contributed by atoms with Gasteiger partial charge in [0, 0.05) is 0 Å². The molecule has 0 aliphatic rings. The van der Waals surface area contributed by atoms with E-state index in [-0.39, 0.29) is 0 Å². The summed E-state index contributed by atoms with van der Waals surface area (Å²) in [5.41, 5.74) is -0.685. The van der Waals surface area contributed by atoms with Crippen molar-refractivity contribution in [3.63, 3.8) is 0 Å². The third-order valence-electron chi connectivity index (χ3n) is 3.00. The molecule has 1 rings (SSSR count). The molecule has 0 radical (unpaired) electrons. The van der Waals surface area contributed by atoms with Gasteiger partial charge in [0.15, 0.2) is 0 Å². The predicted molar refractivity (Wildman–Crippen MR) is 60.2 cm³/mol. The fraction of sp³-hybridized carbons (Fsp3) is 0.462. The van der Waals surface area contributed by atoms with E-state index in [1.165, 1.54) is 0 Å². The molecule has 0 fully saturated rings. The largest absolute Gasteiger partial charge is 0.389 e. The van der Waals surface area contributed by atoms with Gasteiger partial charge in [-0.25, -0.2) is 0 Å². The molecule has 2 heteroatoms. The highest BCUT2D eigenvalue weighted by atomic mass is 16.3. The summed E-state index contributed by atoms with van der Waals surface area (Å²) in [6.45, 7) is 5.15. The molecule has 0 saturated carbocycles. The maximum absolute atomic E-state index is 9.98. The van der Waals surface area contributed by atoms with Gasteiger partial charge < -0.3 is 5.11 Å². The number of nitrogens with zero attached hydrogens (tertiary/aromatic N) is 1. The summed E-state index contributed by atoms with van der Waals surface area (Å²) in [6.07, 6.45) is 0.563. The predicted octanol–water partition coefficient (Wildman–Crippen LogP) is 2.53. The van der Waals surface area contributed by atoms with Crippen molar-refractivity contribution < 1.29 is 5.11 Å². The fourth-order valence-corrected chi connectivity index (χ4v) is 1.40. The first kappa shape index (κ1) is 11.7. The third-order valence-corrected chi connectivity index (χ3v) is 3.00.